The number of aromatic nitrogens is 1. The summed E-state index contributed by atoms with van der Waals surface area (Å²) in [6.07, 6.45) is 3.09. The van der Waals surface area contributed by atoms with E-state index in [9.17, 15) is 4.79 Å². The van der Waals surface area contributed by atoms with E-state index >= 15 is 0 Å². The van der Waals surface area contributed by atoms with Crippen LogP contribution in [0.15, 0.2) is 30.5 Å². The molecule has 0 saturated carbocycles. The van der Waals surface area contributed by atoms with E-state index in [4.69, 9.17) is 5.73 Å². The number of rotatable bonds is 4. The van der Waals surface area contributed by atoms with E-state index in [-0.39, 0.29) is 5.91 Å². The molecule has 3 N–H and O–H groups in total. The minimum absolute atomic E-state index is 0.0974. The van der Waals surface area contributed by atoms with Crippen LogP contribution in [0.3, 0.4) is 0 Å². The Balaban J connectivity index is 2.24. The first-order valence-electron chi connectivity index (χ1n) is 5.77. The second kappa shape index (κ2) is 5.01. The first kappa shape index (κ1) is 11.7. The highest BCUT2D eigenvalue weighted by molar-refractivity contribution is 6.02. The van der Waals surface area contributed by atoms with Crippen LogP contribution in [0, 0.1) is 0 Å². The van der Waals surface area contributed by atoms with Crippen LogP contribution in [-0.4, -0.2) is 24.5 Å². The molecular weight excluding hydrogens is 214 g/mol. The summed E-state index contributed by atoms with van der Waals surface area (Å²) in [5, 5.41) is 1.07. The van der Waals surface area contributed by atoms with Gasteiger partial charge in [0.05, 0.1) is 5.69 Å². The summed E-state index contributed by atoms with van der Waals surface area (Å²) in [4.78, 5) is 16.8. The predicted octanol–water partition coefficient (Wildman–Crippen LogP) is 1.87. The van der Waals surface area contributed by atoms with Crippen molar-refractivity contribution in [3.8, 4) is 0 Å². The number of nitrogens with one attached hydrogen (secondary N) is 1. The molecular formula is C13H17N3O. The van der Waals surface area contributed by atoms with Gasteiger partial charge in [-0.15, -0.1) is 0 Å². The molecule has 0 bridgehead atoms. The van der Waals surface area contributed by atoms with Gasteiger partial charge >= 0.3 is 0 Å². The smallest absolute Gasteiger partial charge is 0.226 e. The Labute approximate surface area is 100 Å². The minimum atomic E-state index is 0.0974. The van der Waals surface area contributed by atoms with Gasteiger partial charge in [-0.25, -0.2) is 0 Å². The Morgan fingerprint density at radius 2 is 2.18 bits per heavy atom. The number of H-pyrrole nitrogens is 1. The van der Waals surface area contributed by atoms with Crippen molar-refractivity contribution in [1.82, 2.24) is 4.98 Å². The molecule has 0 fully saturated rings. The van der Waals surface area contributed by atoms with Gasteiger partial charge in [-0.2, -0.15) is 0 Å². The lowest BCUT2D eigenvalue weighted by Crippen LogP contribution is -2.26. The van der Waals surface area contributed by atoms with Crippen molar-refractivity contribution in [3.05, 3.63) is 30.5 Å². The Hall–Kier alpha value is -1.81. The number of nitrogens with zero attached hydrogens (tertiary/aromatic N) is 1. The molecule has 1 aromatic carbocycles. The highest BCUT2D eigenvalue weighted by atomic mass is 16.2. The van der Waals surface area contributed by atoms with E-state index in [0.717, 1.165) is 23.0 Å². The number of amides is 1. The number of para-hydroxylation sites is 1. The van der Waals surface area contributed by atoms with Crippen molar-refractivity contribution in [1.29, 1.82) is 0 Å². The van der Waals surface area contributed by atoms with Crippen LogP contribution in [0.5, 0.6) is 0 Å². The molecule has 0 spiro atoms. The molecule has 0 aliphatic rings. The molecule has 2 aromatic rings. The van der Waals surface area contributed by atoms with Gasteiger partial charge in [0.2, 0.25) is 5.91 Å². The SMILES string of the molecule is CN(C(=O)CCCN)c1c[nH]c2ccccc12. The monoisotopic (exact) mass is 231 g/mol. The number of carbonyl (C=O) groups is 1. The zero-order valence-corrected chi connectivity index (χ0v) is 9.94. The molecule has 4 heteroatoms. The molecule has 1 amide bonds. The number of nitrogens with two attached hydrogens (primary N) is 1. The Bertz CT molecular complexity index is 518. The van der Waals surface area contributed by atoms with Crippen LogP contribution < -0.4 is 10.6 Å². The summed E-state index contributed by atoms with van der Waals surface area (Å²) < 4.78 is 0. The molecule has 4 nitrogen and oxygen atoms in total. The van der Waals surface area contributed by atoms with Crippen molar-refractivity contribution in [2.45, 2.75) is 12.8 Å². The number of benzene rings is 1. The van der Waals surface area contributed by atoms with Crippen LogP contribution in [0.25, 0.3) is 10.9 Å². The van der Waals surface area contributed by atoms with Crippen molar-refractivity contribution in [2.75, 3.05) is 18.5 Å². The van der Waals surface area contributed by atoms with Gasteiger partial charge in [-0.3, -0.25) is 4.79 Å². The fourth-order valence-corrected chi connectivity index (χ4v) is 1.89. The zero-order valence-electron chi connectivity index (χ0n) is 9.94. The predicted molar refractivity (Wildman–Crippen MR) is 70.0 cm³/mol. The van der Waals surface area contributed by atoms with Gasteiger partial charge in [-0.05, 0) is 19.0 Å². The second-order valence-electron chi connectivity index (χ2n) is 4.06. The number of anilines is 1. The average molecular weight is 231 g/mol. The van der Waals surface area contributed by atoms with Crippen LogP contribution in [0.4, 0.5) is 5.69 Å². The van der Waals surface area contributed by atoms with Gasteiger partial charge < -0.3 is 15.6 Å². The second-order valence-corrected chi connectivity index (χ2v) is 4.06. The fourth-order valence-electron chi connectivity index (χ4n) is 1.89. The van der Waals surface area contributed by atoms with Crippen LogP contribution in [0.2, 0.25) is 0 Å². The Morgan fingerprint density at radius 3 is 2.94 bits per heavy atom. The van der Waals surface area contributed by atoms with E-state index in [1.165, 1.54) is 0 Å². The lowest BCUT2D eigenvalue weighted by atomic mass is 10.2. The third kappa shape index (κ3) is 2.31. The van der Waals surface area contributed by atoms with Gasteiger partial charge in [0, 0.05) is 30.6 Å². The number of hydrogen-bond acceptors (Lipinski definition) is 2. The molecule has 0 radical (unpaired) electrons. The fraction of sp³-hybridized carbons (Fsp3) is 0.308. The summed E-state index contributed by atoms with van der Waals surface area (Å²) in [7, 11) is 1.80. The summed E-state index contributed by atoms with van der Waals surface area (Å²) in [5.41, 5.74) is 7.37. The standard InChI is InChI=1S/C13H17N3O/c1-16(13(17)7-4-8-14)12-9-15-11-6-3-2-5-10(11)12/h2-3,5-6,9,15H,4,7-8,14H2,1H3. The van der Waals surface area contributed by atoms with Gasteiger partial charge in [0.15, 0.2) is 0 Å². The average Bonchev–Trinajstić information content (AvgIpc) is 2.78. The third-order valence-corrected chi connectivity index (χ3v) is 2.90. The molecule has 0 aliphatic heterocycles. The topological polar surface area (TPSA) is 62.1 Å². The normalized spacial score (nSPS) is 10.7. The summed E-state index contributed by atoms with van der Waals surface area (Å²) in [5.74, 6) is 0.0974. The quantitative estimate of drug-likeness (QED) is 0.843. The van der Waals surface area contributed by atoms with Gasteiger partial charge in [0.25, 0.3) is 0 Å². The van der Waals surface area contributed by atoms with Crippen LogP contribution in [-0.2, 0) is 4.79 Å². The Kier molecular flexibility index (Phi) is 3.44. The first-order chi connectivity index (χ1) is 8.24. The molecule has 17 heavy (non-hydrogen) atoms. The lowest BCUT2D eigenvalue weighted by Gasteiger charge is -2.16. The lowest BCUT2D eigenvalue weighted by molar-refractivity contribution is -0.118. The molecule has 1 aromatic heterocycles. The van der Waals surface area contributed by atoms with E-state index in [0.29, 0.717) is 13.0 Å². The van der Waals surface area contributed by atoms with Crippen LogP contribution >= 0.6 is 0 Å². The maximum atomic E-state index is 11.9. The van der Waals surface area contributed by atoms with Crippen molar-refractivity contribution < 1.29 is 4.79 Å². The maximum absolute atomic E-state index is 11.9. The molecule has 2 rings (SSSR count). The number of carbonyl (C=O) groups excluding carboxylic acids is 1. The van der Waals surface area contributed by atoms with E-state index in [1.807, 2.05) is 30.5 Å². The van der Waals surface area contributed by atoms with Gasteiger partial charge in [0.1, 0.15) is 0 Å². The molecule has 0 saturated heterocycles. The van der Waals surface area contributed by atoms with E-state index in [1.54, 1.807) is 11.9 Å². The zero-order chi connectivity index (χ0) is 12.3. The summed E-state index contributed by atoms with van der Waals surface area (Å²) in [6, 6.07) is 7.95. The molecule has 0 aliphatic carbocycles. The van der Waals surface area contributed by atoms with Crippen molar-refractivity contribution in [2.24, 2.45) is 5.73 Å². The highest BCUT2D eigenvalue weighted by Gasteiger charge is 2.13. The summed E-state index contributed by atoms with van der Waals surface area (Å²) >= 11 is 0. The first-order valence-corrected chi connectivity index (χ1v) is 5.77. The largest absolute Gasteiger partial charge is 0.359 e. The van der Waals surface area contributed by atoms with Crippen LogP contribution in [0.1, 0.15) is 12.8 Å². The summed E-state index contributed by atoms with van der Waals surface area (Å²) in [6.45, 7) is 0.549. The minimum Gasteiger partial charge on any atom is -0.359 e. The van der Waals surface area contributed by atoms with Crippen molar-refractivity contribution >= 4 is 22.5 Å². The highest BCUT2D eigenvalue weighted by Crippen LogP contribution is 2.25. The molecule has 90 valence electrons. The molecule has 0 unspecified atom stereocenters. The van der Waals surface area contributed by atoms with Crippen molar-refractivity contribution in [3.63, 3.8) is 0 Å². The third-order valence-electron chi connectivity index (χ3n) is 2.90. The number of hydrogen-bond donors (Lipinski definition) is 2. The van der Waals surface area contributed by atoms with Gasteiger partial charge in [-0.1, -0.05) is 18.2 Å². The number of aromatic amines is 1. The molecule has 1 heterocycles. The Morgan fingerprint density at radius 1 is 1.41 bits per heavy atom. The van der Waals surface area contributed by atoms with E-state index in [2.05, 4.69) is 4.98 Å². The molecule has 0 atom stereocenters. The van der Waals surface area contributed by atoms with E-state index < -0.39 is 0 Å². The maximum Gasteiger partial charge on any atom is 0.226 e. The number of fused-ring (bicyclic) bond motifs is 1.